The maximum absolute atomic E-state index is 5.71. The van der Waals surface area contributed by atoms with Gasteiger partial charge in [0, 0.05) is 22.3 Å². The van der Waals surface area contributed by atoms with Gasteiger partial charge in [-0.1, -0.05) is 15.9 Å². The Morgan fingerprint density at radius 1 is 1.26 bits per heavy atom. The van der Waals surface area contributed by atoms with Crippen molar-refractivity contribution in [3.63, 3.8) is 0 Å². The number of benzene rings is 1. The number of ether oxygens (including phenoxy) is 1. The lowest BCUT2D eigenvalue weighted by Crippen LogP contribution is -2.11. The van der Waals surface area contributed by atoms with Crippen molar-refractivity contribution >= 4 is 15.9 Å². The predicted octanol–water partition coefficient (Wildman–Crippen LogP) is 2.80. The van der Waals surface area contributed by atoms with Gasteiger partial charge in [0.1, 0.15) is 12.4 Å². The molecule has 4 nitrogen and oxygen atoms in total. The Kier molecular flexibility index (Phi) is 4.61. The second kappa shape index (κ2) is 6.21. The van der Waals surface area contributed by atoms with Crippen molar-refractivity contribution in [2.24, 2.45) is 5.73 Å². The van der Waals surface area contributed by atoms with E-state index in [1.54, 1.807) is 0 Å². The molecular formula is C14H18BrN3O. The molecule has 0 aliphatic rings. The number of hydrogen-bond donors (Lipinski definition) is 1. The molecule has 0 bridgehead atoms. The van der Waals surface area contributed by atoms with Crippen molar-refractivity contribution in [2.75, 3.05) is 6.61 Å². The Morgan fingerprint density at radius 2 is 1.95 bits per heavy atom. The van der Waals surface area contributed by atoms with E-state index in [2.05, 4.69) is 21.0 Å². The Bertz CT molecular complexity index is 549. The van der Waals surface area contributed by atoms with Gasteiger partial charge in [0.2, 0.25) is 0 Å². The highest BCUT2D eigenvalue weighted by atomic mass is 79.9. The van der Waals surface area contributed by atoms with Crippen LogP contribution in [-0.2, 0) is 13.1 Å². The summed E-state index contributed by atoms with van der Waals surface area (Å²) < 4.78 is 8.69. The van der Waals surface area contributed by atoms with Crippen LogP contribution in [0, 0.1) is 13.8 Å². The van der Waals surface area contributed by atoms with E-state index in [0.29, 0.717) is 13.2 Å². The molecule has 0 saturated heterocycles. The van der Waals surface area contributed by atoms with Crippen molar-refractivity contribution in [1.82, 2.24) is 9.78 Å². The predicted molar refractivity (Wildman–Crippen MR) is 79.2 cm³/mol. The molecule has 102 valence electrons. The maximum atomic E-state index is 5.71. The third-order valence-electron chi connectivity index (χ3n) is 3.12. The lowest BCUT2D eigenvalue weighted by molar-refractivity contribution is 0.289. The first-order valence-corrected chi connectivity index (χ1v) is 7.02. The second-order valence-corrected chi connectivity index (χ2v) is 5.29. The van der Waals surface area contributed by atoms with Crippen LogP contribution in [0.3, 0.4) is 0 Å². The largest absolute Gasteiger partial charge is 0.492 e. The molecule has 19 heavy (non-hydrogen) atoms. The zero-order valence-electron chi connectivity index (χ0n) is 11.2. The molecule has 0 unspecified atom stereocenters. The highest BCUT2D eigenvalue weighted by Crippen LogP contribution is 2.16. The summed E-state index contributed by atoms with van der Waals surface area (Å²) in [6, 6.07) is 7.81. The molecule has 5 heteroatoms. The summed E-state index contributed by atoms with van der Waals surface area (Å²) in [5.41, 5.74) is 8.97. The smallest absolute Gasteiger partial charge is 0.119 e. The van der Waals surface area contributed by atoms with Crippen molar-refractivity contribution < 1.29 is 4.74 Å². The van der Waals surface area contributed by atoms with Crippen molar-refractivity contribution in [3.8, 4) is 5.75 Å². The first-order valence-electron chi connectivity index (χ1n) is 6.23. The van der Waals surface area contributed by atoms with Gasteiger partial charge in [-0.15, -0.1) is 0 Å². The maximum Gasteiger partial charge on any atom is 0.119 e. The van der Waals surface area contributed by atoms with Gasteiger partial charge in [0.15, 0.2) is 0 Å². The molecule has 0 radical (unpaired) electrons. The highest BCUT2D eigenvalue weighted by Gasteiger charge is 2.09. The van der Waals surface area contributed by atoms with Gasteiger partial charge in [0.25, 0.3) is 0 Å². The van der Waals surface area contributed by atoms with E-state index < -0.39 is 0 Å². The van der Waals surface area contributed by atoms with Gasteiger partial charge in [0.05, 0.1) is 12.2 Å². The molecule has 0 atom stereocenters. The molecule has 0 saturated carbocycles. The van der Waals surface area contributed by atoms with Crippen LogP contribution in [0.5, 0.6) is 5.75 Å². The zero-order valence-corrected chi connectivity index (χ0v) is 12.8. The fraction of sp³-hybridized carbons (Fsp3) is 0.357. The van der Waals surface area contributed by atoms with E-state index in [4.69, 9.17) is 10.5 Å². The van der Waals surface area contributed by atoms with Gasteiger partial charge < -0.3 is 10.5 Å². The highest BCUT2D eigenvalue weighted by molar-refractivity contribution is 9.10. The molecule has 1 heterocycles. The molecule has 0 aliphatic carbocycles. The summed E-state index contributed by atoms with van der Waals surface area (Å²) in [5, 5.41) is 4.48. The molecule has 2 N–H and O–H groups in total. The van der Waals surface area contributed by atoms with Gasteiger partial charge in [-0.25, -0.2) is 0 Å². The van der Waals surface area contributed by atoms with Crippen LogP contribution in [0.25, 0.3) is 0 Å². The monoisotopic (exact) mass is 323 g/mol. The Balaban J connectivity index is 1.94. The Hall–Kier alpha value is -1.33. The van der Waals surface area contributed by atoms with Crippen LogP contribution in [0.2, 0.25) is 0 Å². The van der Waals surface area contributed by atoms with E-state index >= 15 is 0 Å². The van der Waals surface area contributed by atoms with E-state index in [1.165, 1.54) is 0 Å². The van der Waals surface area contributed by atoms with Gasteiger partial charge >= 0.3 is 0 Å². The van der Waals surface area contributed by atoms with E-state index in [0.717, 1.165) is 33.7 Å². The second-order valence-electron chi connectivity index (χ2n) is 4.38. The summed E-state index contributed by atoms with van der Waals surface area (Å²) in [7, 11) is 0. The molecule has 2 rings (SSSR count). The number of halogens is 1. The van der Waals surface area contributed by atoms with Crippen LogP contribution in [0.15, 0.2) is 28.7 Å². The standard InChI is InChI=1S/C14H18BrN3O/c1-10-14(9-16)11(2)18(17-10)7-8-19-13-5-3-12(15)4-6-13/h3-6H,7-9,16H2,1-2H3. The fourth-order valence-electron chi connectivity index (χ4n) is 2.03. The van der Waals surface area contributed by atoms with Crippen LogP contribution in [-0.4, -0.2) is 16.4 Å². The summed E-state index contributed by atoms with van der Waals surface area (Å²) >= 11 is 3.40. The van der Waals surface area contributed by atoms with Crippen LogP contribution in [0.4, 0.5) is 0 Å². The van der Waals surface area contributed by atoms with Gasteiger partial charge in [-0.2, -0.15) is 5.10 Å². The fourth-order valence-corrected chi connectivity index (χ4v) is 2.29. The van der Waals surface area contributed by atoms with E-state index in [1.807, 2.05) is 42.8 Å². The van der Waals surface area contributed by atoms with Crippen LogP contribution >= 0.6 is 15.9 Å². The first-order chi connectivity index (χ1) is 9.11. The molecule has 0 spiro atoms. The third kappa shape index (κ3) is 3.36. The Labute approximate surface area is 121 Å². The number of hydrogen-bond acceptors (Lipinski definition) is 3. The molecule has 0 aliphatic heterocycles. The summed E-state index contributed by atoms with van der Waals surface area (Å²) in [4.78, 5) is 0. The normalized spacial score (nSPS) is 10.7. The first kappa shape index (κ1) is 14.1. The quantitative estimate of drug-likeness (QED) is 0.920. The average molecular weight is 324 g/mol. The molecule has 0 amide bonds. The van der Waals surface area contributed by atoms with Crippen molar-refractivity contribution in [3.05, 3.63) is 45.7 Å². The number of aryl methyl sites for hydroxylation is 1. The third-order valence-corrected chi connectivity index (χ3v) is 3.65. The molecule has 1 aromatic heterocycles. The molecular weight excluding hydrogens is 306 g/mol. The van der Waals surface area contributed by atoms with Gasteiger partial charge in [-0.05, 0) is 38.1 Å². The van der Waals surface area contributed by atoms with E-state index in [9.17, 15) is 0 Å². The van der Waals surface area contributed by atoms with Crippen molar-refractivity contribution in [2.45, 2.75) is 26.9 Å². The zero-order chi connectivity index (χ0) is 13.8. The topological polar surface area (TPSA) is 53.1 Å². The van der Waals surface area contributed by atoms with Crippen LogP contribution in [0.1, 0.15) is 17.0 Å². The number of rotatable bonds is 5. The number of nitrogens with zero attached hydrogens (tertiary/aromatic N) is 2. The van der Waals surface area contributed by atoms with Crippen LogP contribution < -0.4 is 10.5 Å². The minimum atomic E-state index is 0.533. The molecule has 2 aromatic rings. The minimum absolute atomic E-state index is 0.533. The molecule has 0 fully saturated rings. The van der Waals surface area contributed by atoms with Crippen molar-refractivity contribution in [1.29, 1.82) is 0 Å². The lowest BCUT2D eigenvalue weighted by Gasteiger charge is -2.08. The number of nitrogens with two attached hydrogens (primary N) is 1. The number of aromatic nitrogens is 2. The van der Waals surface area contributed by atoms with Gasteiger partial charge in [-0.3, -0.25) is 4.68 Å². The van der Waals surface area contributed by atoms with E-state index in [-0.39, 0.29) is 0 Å². The molecule has 1 aromatic carbocycles. The summed E-state index contributed by atoms with van der Waals surface area (Å²) in [5.74, 6) is 0.865. The summed E-state index contributed by atoms with van der Waals surface area (Å²) in [6.45, 7) is 5.88. The lowest BCUT2D eigenvalue weighted by atomic mass is 10.2. The average Bonchev–Trinajstić information content (AvgIpc) is 2.66. The summed E-state index contributed by atoms with van der Waals surface area (Å²) in [6.07, 6.45) is 0. The Morgan fingerprint density at radius 3 is 2.53 bits per heavy atom. The minimum Gasteiger partial charge on any atom is -0.492 e. The SMILES string of the molecule is Cc1nn(CCOc2ccc(Br)cc2)c(C)c1CN.